The monoisotopic (exact) mass is 261 g/mol. The lowest BCUT2D eigenvalue weighted by atomic mass is 10.1. The van der Waals surface area contributed by atoms with Gasteiger partial charge in [0.1, 0.15) is 5.82 Å². The summed E-state index contributed by atoms with van der Waals surface area (Å²) in [5.74, 6) is 1.81. The van der Waals surface area contributed by atoms with Gasteiger partial charge in [0.05, 0.1) is 0 Å². The minimum atomic E-state index is 0.833. The highest BCUT2D eigenvalue weighted by atomic mass is 32.1. The van der Waals surface area contributed by atoms with Crippen molar-refractivity contribution >= 4 is 17.2 Å². The van der Waals surface area contributed by atoms with Gasteiger partial charge in [0.2, 0.25) is 0 Å². The first-order valence-corrected chi connectivity index (χ1v) is 7.26. The quantitative estimate of drug-likeness (QED) is 0.909. The number of thiophene rings is 1. The predicted octanol–water partition coefficient (Wildman–Crippen LogP) is 3.82. The molecule has 0 bridgehead atoms. The molecule has 2 aromatic heterocycles. The van der Waals surface area contributed by atoms with Crippen molar-refractivity contribution in [2.45, 2.75) is 34.1 Å². The molecule has 18 heavy (non-hydrogen) atoms. The smallest absolute Gasteiger partial charge is 0.162 e. The topological polar surface area (TPSA) is 37.8 Å². The molecule has 0 aliphatic rings. The van der Waals surface area contributed by atoms with E-state index in [9.17, 15) is 0 Å². The van der Waals surface area contributed by atoms with Gasteiger partial charge < -0.3 is 5.32 Å². The summed E-state index contributed by atoms with van der Waals surface area (Å²) in [6, 6.07) is 0. The zero-order valence-corrected chi connectivity index (χ0v) is 12.2. The van der Waals surface area contributed by atoms with Crippen molar-refractivity contribution in [1.29, 1.82) is 0 Å². The Hall–Kier alpha value is -1.42. The fourth-order valence-electron chi connectivity index (χ4n) is 2.04. The fourth-order valence-corrected chi connectivity index (χ4v) is 2.87. The van der Waals surface area contributed by atoms with Crippen LogP contribution in [-0.4, -0.2) is 16.5 Å². The highest BCUT2D eigenvalue weighted by Crippen LogP contribution is 2.27. The molecule has 0 saturated heterocycles. The Balaban J connectivity index is 2.54. The SMILES string of the molecule is CCNc1nc(-c2cscc2C)nc(C)c1CC. The predicted molar refractivity (Wildman–Crippen MR) is 78.4 cm³/mol. The molecule has 0 amide bonds. The molecule has 2 heterocycles. The van der Waals surface area contributed by atoms with Crippen LogP contribution >= 0.6 is 11.3 Å². The molecule has 1 N–H and O–H groups in total. The van der Waals surface area contributed by atoms with Gasteiger partial charge in [-0.3, -0.25) is 0 Å². The van der Waals surface area contributed by atoms with E-state index in [2.05, 4.69) is 53.7 Å². The van der Waals surface area contributed by atoms with E-state index in [1.165, 1.54) is 11.1 Å². The summed E-state index contributed by atoms with van der Waals surface area (Å²) in [6.45, 7) is 9.28. The third kappa shape index (κ3) is 2.38. The number of hydrogen-bond acceptors (Lipinski definition) is 4. The Morgan fingerprint density at radius 2 is 1.94 bits per heavy atom. The van der Waals surface area contributed by atoms with Gasteiger partial charge in [0.15, 0.2) is 5.82 Å². The van der Waals surface area contributed by atoms with E-state index >= 15 is 0 Å². The normalized spacial score (nSPS) is 10.7. The molecular formula is C14H19N3S. The minimum Gasteiger partial charge on any atom is -0.370 e. The molecule has 4 heteroatoms. The van der Waals surface area contributed by atoms with Gasteiger partial charge in [-0.05, 0) is 38.1 Å². The van der Waals surface area contributed by atoms with Gasteiger partial charge in [-0.1, -0.05) is 6.92 Å². The summed E-state index contributed by atoms with van der Waals surface area (Å²) in [7, 11) is 0. The Morgan fingerprint density at radius 3 is 2.50 bits per heavy atom. The number of aromatic nitrogens is 2. The lowest BCUT2D eigenvalue weighted by molar-refractivity contribution is 0.989. The zero-order valence-electron chi connectivity index (χ0n) is 11.4. The number of rotatable bonds is 4. The van der Waals surface area contributed by atoms with Crippen molar-refractivity contribution in [1.82, 2.24) is 9.97 Å². The maximum atomic E-state index is 4.68. The van der Waals surface area contributed by atoms with Gasteiger partial charge in [0.25, 0.3) is 0 Å². The summed E-state index contributed by atoms with van der Waals surface area (Å²) >= 11 is 1.70. The van der Waals surface area contributed by atoms with E-state index < -0.39 is 0 Å². The Labute approximate surface area is 112 Å². The standard InChI is InChI=1S/C14H19N3S/c1-5-11-10(4)16-14(17-13(11)15-6-2)12-8-18-7-9(12)3/h7-8H,5-6H2,1-4H3,(H,15,16,17). The second-order valence-electron chi connectivity index (χ2n) is 4.31. The third-order valence-electron chi connectivity index (χ3n) is 3.01. The highest BCUT2D eigenvalue weighted by Gasteiger charge is 2.12. The van der Waals surface area contributed by atoms with Crippen LogP contribution in [-0.2, 0) is 6.42 Å². The van der Waals surface area contributed by atoms with Gasteiger partial charge >= 0.3 is 0 Å². The van der Waals surface area contributed by atoms with Crippen molar-refractivity contribution < 1.29 is 0 Å². The number of aryl methyl sites for hydroxylation is 2. The molecular weight excluding hydrogens is 242 g/mol. The second-order valence-corrected chi connectivity index (χ2v) is 5.06. The van der Waals surface area contributed by atoms with Gasteiger partial charge in [-0.25, -0.2) is 9.97 Å². The van der Waals surface area contributed by atoms with Crippen molar-refractivity contribution in [3.05, 3.63) is 27.6 Å². The molecule has 0 unspecified atom stereocenters. The van der Waals surface area contributed by atoms with Gasteiger partial charge in [-0.15, -0.1) is 0 Å². The van der Waals surface area contributed by atoms with Crippen molar-refractivity contribution in [3.8, 4) is 11.4 Å². The molecule has 0 saturated carbocycles. The molecule has 0 atom stereocenters. The molecule has 2 aromatic rings. The number of nitrogens with one attached hydrogen (secondary N) is 1. The largest absolute Gasteiger partial charge is 0.370 e. The van der Waals surface area contributed by atoms with Crippen LogP contribution in [0.2, 0.25) is 0 Å². The molecule has 0 spiro atoms. The first kappa shape index (κ1) is 13.0. The Kier molecular flexibility index (Phi) is 3.97. The summed E-state index contributed by atoms with van der Waals surface area (Å²) in [4.78, 5) is 9.33. The van der Waals surface area contributed by atoms with Crippen LogP contribution in [0.3, 0.4) is 0 Å². The highest BCUT2D eigenvalue weighted by molar-refractivity contribution is 7.08. The lowest BCUT2D eigenvalue weighted by Crippen LogP contribution is -2.08. The van der Waals surface area contributed by atoms with E-state index in [0.717, 1.165) is 35.9 Å². The summed E-state index contributed by atoms with van der Waals surface area (Å²) < 4.78 is 0. The van der Waals surface area contributed by atoms with E-state index in [4.69, 9.17) is 0 Å². The van der Waals surface area contributed by atoms with E-state index in [0.29, 0.717) is 0 Å². The fraction of sp³-hybridized carbons (Fsp3) is 0.429. The first-order chi connectivity index (χ1) is 8.67. The molecule has 2 rings (SSSR count). The third-order valence-corrected chi connectivity index (χ3v) is 3.87. The molecule has 0 radical (unpaired) electrons. The molecule has 96 valence electrons. The van der Waals surface area contributed by atoms with Crippen LogP contribution in [0, 0.1) is 13.8 Å². The van der Waals surface area contributed by atoms with Gasteiger partial charge in [-0.2, -0.15) is 11.3 Å². The minimum absolute atomic E-state index is 0.833. The van der Waals surface area contributed by atoms with Crippen LogP contribution in [0.25, 0.3) is 11.4 Å². The van der Waals surface area contributed by atoms with Crippen molar-refractivity contribution in [3.63, 3.8) is 0 Å². The summed E-state index contributed by atoms with van der Waals surface area (Å²) in [5, 5.41) is 7.59. The summed E-state index contributed by atoms with van der Waals surface area (Å²) in [6.07, 6.45) is 0.955. The van der Waals surface area contributed by atoms with Crippen LogP contribution in [0.4, 0.5) is 5.82 Å². The van der Waals surface area contributed by atoms with Crippen LogP contribution in [0.5, 0.6) is 0 Å². The van der Waals surface area contributed by atoms with Crippen LogP contribution in [0.15, 0.2) is 10.8 Å². The average Bonchev–Trinajstić information content (AvgIpc) is 2.75. The molecule has 0 aliphatic carbocycles. The summed E-state index contributed by atoms with van der Waals surface area (Å²) in [5.41, 5.74) is 4.67. The first-order valence-electron chi connectivity index (χ1n) is 6.31. The van der Waals surface area contributed by atoms with Crippen LogP contribution < -0.4 is 5.32 Å². The molecule has 0 aromatic carbocycles. The Bertz CT molecular complexity index is 546. The number of nitrogens with zero attached hydrogens (tertiary/aromatic N) is 2. The van der Waals surface area contributed by atoms with E-state index in [1.807, 2.05) is 0 Å². The van der Waals surface area contributed by atoms with Crippen LogP contribution in [0.1, 0.15) is 30.7 Å². The Morgan fingerprint density at radius 1 is 1.17 bits per heavy atom. The maximum absolute atomic E-state index is 4.68. The number of anilines is 1. The zero-order chi connectivity index (χ0) is 13.1. The van der Waals surface area contributed by atoms with Crippen molar-refractivity contribution in [2.75, 3.05) is 11.9 Å². The van der Waals surface area contributed by atoms with E-state index in [1.54, 1.807) is 11.3 Å². The lowest BCUT2D eigenvalue weighted by Gasteiger charge is -2.12. The molecule has 0 fully saturated rings. The number of hydrogen-bond donors (Lipinski definition) is 1. The van der Waals surface area contributed by atoms with E-state index in [-0.39, 0.29) is 0 Å². The molecule has 3 nitrogen and oxygen atoms in total. The van der Waals surface area contributed by atoms with Crippen molar-refractivity contribution in [2.24, 2.45) is 0 Å². The maximum Gasteiger partial charge on any atom is 0.162 e. The van der Waals surface area contributed by atoms with Gasteiger partial charge in [0, 0.05) is 28.7 Å². The molecule has 0 aliphatic heterocycles. The average molecular weight is 261 g/mol. The second kappa shape index (κ2) is 5.48.